The van der Waals surface area contributed by atoms with Gasteiger partial charge in [0.25, 0.3) is 0 Å². The summed E-state index contributed by atoms with van der Waals surface area (Å²) < 4.78 is 2.17. The molecule has 0 saturated heterocycles. The maximum atomic E-state index is 10.4. The molecular formula is C19H22N2O. The van der Waals surface area contributed by atoms with Crippen LogP contribution < -0.4 is 0 Å². The predicted octanol–water partition coefficient (Wildman–Crippen LogP) is 4.11. The lowest BCUT2D eigenvalue weighted by molar-refractivity contribution is 0.152. The summed E-state index contributed by atoms with van der Waals surface area (Å²) in [4.78, 5) is 4.66. The molecule has 0 aliphatic heterocycles. The Hall–Kier alpha value is -2.13. The van der Waals surface area contributed by atoms with Crippen LogP contribution in [0.1, 0.15) is 37.3 Å². The van der Waals surface area contributed by atoms with Crippen LogP contribution in [0, 0.1) is 0 Å². The fourth-order valence-corrected chi connectivity index (χ4v) is 2.87. The number of aliphatic hydroxyl groups is 1. The Labute approximate surface area is 131 Å². The molecule has 114 valence electrons. The molecule has 0 aliphatic rings. The summed E-state index contributed by atoms with van der Waals surface area (Å²) in [6.07, 6.45) is 2.14. The number of hydrogen-bond donors (Lipinski definition) is 1. The molecule has 1 heterocycles. The molecular weight excluding hydrogens is 272 g/mol. The van der Waals surface area contributed by atoms with Crippen LogP contribution in [0.3, 0.4) is 0 Å². The van der Waals surface area contributed by atoms with Crippen LogP contribution in [0.5, 0.6) is 0 Å². The molecule has 22 heavy (non-hydrogen) atoms. The van der Waals surface area contributed by atoms with Crippen molar-refractivity contribution < 1.29 is 5.11 Å². The average Bonchev–Trinajstić information content (AvgIpc) is 2.93. The summed E-state index contributed by atoms with van der Waals surface area (Å²) in [5, 5.41) is 10.4. The Balaban J connectivity index is 1.93. The number of aromatic nitrogens is 2. The highest BCUT2D eigenvalue weighted by molar-refractivity contribution is 5.76. The number of rotatable bonds is 6. The summed E-state index contributed by atoms with van der Waals surface area (Å²) in [6.45, 7) is 2.92. The van der Waals surface area contributed by atoms with Crippen molar-refractivity contribution in [3.63, 3.8) is 0 Å². The van der Waals surface area contributed by atoms with Gasteiger partial charge in [0, 0.05) is 6.54 Å². The average molecular weight is 294 g/mol. The van der Waals surface area contributed by atoms with Gasteiger partial charge in [-0.3, -0.25) is 0 Å². The molecule has 0 saturated carbocycles. The van der Waals surface area contributed by atoms with E-state index in [0.29, 0.717) is 0 Å². The number of fused-ring (bicyclic) bond motifs is 1. The summed E-state index contributed by atoms with van der Waals surface area (Å²) in [7, 11) is 0. The zero-order chi connectivity index (χ0) is 15.4. The molecule has 3 nitrogen and oxygen atoms in total. The predicted molar refractivity (Wildman–Crippen MR) is 89.7 cm³/mol. The van der Waals surface area contributed by atoms with E-state index in [1.807, 2.05) is 24.3 Å². The maximum absolute atomic E-state index is 10.4. The molecule has 1 aromatic heterocycles. The van der Waals surface area contributed by atoms with E-state index in [0.717, 1.165) is 42.7 Å². The molecule has 2 aromatic carbocycles. The molecule has 1 unspecified atom stereocenters. The number of nitrogens with zero attached hydrogens (tertiary/aromatic N) is 2. The van der Waals surface area contributed by atoms with Gasteiger partial charge in [0.2, 0.25) is 0 Å². The van der Waals surface area contributed by atoms with Crippen LogP contribution in [-0.2, 0) is 13.0 Å². The first-order valence-electron chi connectivity index (χ1n) is 7.96. The minimum Gasteiger partial charge on any atom is -0.385 e. The molecule has 3 rings (SSSR count). The molecule has 0 aliphatic carbocycles. The number of benzene rings is 2. The van der Waals surface area contributed by atoms with Crippen LogP contribution >= 0.6 is 0 Å². The van der Waals surface area contributed by atoms with Gasteiger partial charge in [-0.25, -0.2) is 4.98 Å². The zero-order valence-corrected chi connectivity index (χ0v) is 12.9. The van der Waals surface area contributed by atoms with E-state index in [2.05, 4.69) is 46.8 Å². The fourth-order valence-electron chi connectivity index (χ4n) is 2.87. The van der Waals surface area contributed by atoms with Crippen molar-refractivity contribution in [3.05, 3.63) is 66.0 Å². The second-order valence-electron chi connectivity index (χ2n) is 5.65. The lowest BCUT2D eigenvalue weighted by Crippen LogP contribution is -2.10. The highest BCUT2D eigenvalue weighted by Gasteiger charge is 2.17. The molecule has 0 radical (unpaired) electrons. The van der Waals surface area contributed by atoms with Crippen LogP contribution in [0.2, 0.25) is 0 Å². The fraction of sp³-hybridized carbons (Fsp3) is 0.316. The SMILES string of the molecule is CCCC(O)c1nc2ccccc2n1CCc1ccccc1. The third kappa shape index (κ3) is 3.04. The normalized spacial score (nSPS) is 12.6. The van der Waals surface area contributed by atoms with Crippen LogP contribution in [0.25, 0.3) is 11.0 Å². The Morgan fingerprint density at radius 3 is 2.55 bits per heavy atom. The molecule has 0 bridgehead atoms. The molecule has 3 aromatic rings. The zero-order valence-electron chi connectivity index (χ0n) is 12.9. The summed E-state index contributed by atoms with van der Waals surface area (Å²) in [5.74, 6) is 0.791. The molecule has 1 N–H and O–H groups in total. The van der Waals surface area contributed by atoms with E-state index in [1.165, 1.54) is 5.56 Å². The topological polar surface area (TPSA) is 38.1 Å². The standard InChI is InChI=1S/C19H22N2O/c1-2-8-18(22)19-20-16-11-6-7-12-17(16)21(19)14-13-15-9-4-3-5-10-15/h3-7,9-12,18,22H,2,8,13-14H2,1H3. The minimum absolute atomic E-state index is 0.492. The van der Waals surface area contributed by atoms with Gasteiger partial charge in [-0.1, -0.05) is 55.8 Å². The Morgan fingerprint density at radius 1 is 1.05 bits per heavy atom. The molecule has 3 heteroatoms. The highest BCUT2D eigenvalue weighted by atomic mass is 16.3. The van der Waals surface area contributed by atoms with Crippen molar-refractivity contribution in [2.24, 2.45) is 0 Å². The quantitative estimate of drug-likeness (QED) is 0.743. The summed E-state index contributed by atoms with van der Waals surface area (Å²) in [6, 6.07) is 18.6. The number of imidazole rings is 1. The van der Waals surface area contributed by atoms with Crippen molar-refractivity contribution in [1.82, 2.24) is 9.55 Å². The van der Waals surface area contributed by atoms with Gasteiger partial charge in [0.05, 0.1) is 11.0 Å². The Morgan fingerprint density at radius 2 is 1.77 bits per heavy atom. The molecule has 0 fully saturated rings. The van der Waals surface area contributed by atoms with E-state index in [4.69, 9.17) is 0 Å². The van der Waals surface area contributed by atoms with E-state index < -0.39 is 6.10 Å². The molecule has 0 spiro atoms. The third-order valence-electron chi connectivity index (χ3n) is 4.01. The van der Waals surface area contributed by atoms with Gasteiger partial charge in [-0.05, 0) is 30.5 Å². The highest BCUT2D eigenvalue weighted by Crippen LogP contribution is 2.24. The molecule has 1 atom stereocenters. The van der Waals surface area contributed by atoms with Crippen LogP contribution in [-0.4, -0.2) is 14.7 Å². The minimum atomic E-state index is -0.492. The van der Waals surface area contributed by atoms with Crippen molar-refractivity contribution in [2.75, 3.05) is 0 Å². The van der Waals surface area contributed by atoms with Crippen LogP contribution in [0.4, 0.5) is 0 Å². The van der Waals surface area contributed by atoms with E-state index in [1.54, 1.807) is 0 Å². The van der Waals surface area contributed by atoms with Gasteiger partial charge in [0.1, 0.15) is 11.9 Å². The molecule has 0 amide bonds. The number of aryl methyl sites for hydroxylation is 2. The second-order valence-corrected chi connectivity index (χ2v) is 5.65. The van der Waals surface area contributed by atoms with Gasteiger partial charge in [0.15, 0.2) is 0 Å². The van der Waals surface area contributed by atoms with E-state index in [-0.39, 0.29) is 0 Å². The largest absolute Gasteiger partial charge is 0.385 e. The number of para-hydroxylation sites is 2. The third-order valence-corrected chi connectivity index (χ3v) is 4.01. The monoisotopic (exact) mass is 294 g/mol. The van der Waals surface area contributed by atoms with Gasteiger partial charge in [-0.2, -0.15) is 0 Å². The first-order valence-corrected chi connectivity index (χ1v) is 7.96. The first-order chi connectivity index (χ1) is 10.8. The van der Waals surface area contributed by atoms with Crippen molar-refractivity contribution in [1.29, 1.82) is 0 Å². The number of hydrogen-bond acceptors (Lipinski definition) is 2. The van der Waals surface area contributed by atoms with Crippen molar-refractivity contribution in [2.45, 2.75) is 38.8 Å². The summed E-state index contributed by atoms with van der Waals surface area (Å²) >= 11 is 0. The smallest absolute Gasteiger partial charge is 0.138 e. The lowest BCUT2D eigenvalue weighted by atomic mass is 10.1. The van der Waals surface area contributed by atoms with Crippen molar-refractivity contribution >= 4 is 11.0 Å². The lowest BCUT2D eigenvalue weighted by Gasteiger charge is -2.13. The number of aliphatic hydroxyl groups excluding tert-OH is 1. The van der Waals surface area contributed by atoms with E-state index >= 15 is 0 Å². The van der Waals surface area contributed by atoms with Gasteiger partial charge < -0.3 is 9.67 Å². The Bertz CT molecular complexity index is 734. The van der Waals surface area contributed by atoms with Gasteiger partial charge in [-0.15, -0.1) is 0 Å². The Kier molecular flexibility index (Phi) is 4.54. The van der Waals surface area contributed by atoms with Crippen LogP contribution in [0.15, 0.2) is 54.6 Å². The second kappa shape index (κ2) is 6.75. The van der Waals surface area contributed by atoms with Gasteiger partial charge >= 0.3 is 0 Å². The van der Waals surface area contributed by atoms with Crippen molar-refractivity contribution in [3.8, 4) is 0 Å². The maximum Gasteiger partial charge on any atom is 0.138 e. The summed E-state index contributed by atoms with van der Waals surface area (Å²) in [5.41, 5.74) is 3.36. The van der Waals surface area contributed by atoms with E-state index in [9.17, 15) is 5.11 Å². The first kappa shape index (κ1) is 14.8.